The Labute approximate surface area is 109 Å². The number of aromatic nitrogens is 2. The normalized spacial score (nSPS) is 12.2. The standard InChI is InChI=1S/C15H23N3/c1-4-15(16,5-2)11-13-12-9-7-8-10-14(12)18(6-3)17-13/h7-10H,4-6,11,16H2,1-3H3. The highest BCUT2D eigenvalue weighted by Crippen LogP contribution is 2.24. The summed E-state index contributed by atoms with van der Waals surface area (Å²) in [6.07, 6.45) is 2.82. The molecule has 3 nitrogen and oxygen atoms in total. The van der Waals surface area contributed by atoms with Crippen LogP contribution in [0, 0.1) is 0 Å². The lowest BCUT2D eigenvalue weighted by molar-refractivity contribution is 0.388. The number of nitrogens with two attached hydrogens (primary N) is 1. The molecular weight excluding hydrogens is 222 g/mol. The molecule has 0 atom stereocenters. The fourth-order valence-electron chi connectivity index (χ4n) is 2.40. The Morgan fingerprint density at radius 3 is 2.44 bits per heavy atom. The van der Waals surface area contributed by atoms with Gasteiger partial charge in [-0.3, -0.25) is 4.68 Å². The van der Waals surface area contributed by atoms with E-state index in [0.717, 1.165) is 31.5 Å². The molecule has 1 aromatic carbocycles. The summed E-state index contributed by atoms with van der Waals surface area (Å²) in [6, 6.07) is 8.42. The average Bonchev–Trinajstić information content (AvgIpc) is 2.77. The molecule has 0 aliphatic carbocycles. The van der Waals surface area contributed by atoms with E-state index in [1.165, 1.54) is 10.9 Å². The van der Waals surface area contributed by atoms with Crippen LogP contribution in [-0.2, 0) is 13.0 Å². The molecule has 0 amide bonds. The van der Waals surface area contributed by atoms with Gasteiger partial charge in [0.25, 0.3) is 0 Å². The largest absolute Gasteiger partial charge is 0.325 e. The van der Waals surface area contributed by atoms with Gasteiger partial charge in [0.05, 0.1) is 11.2 Å². The molecule has 0 saturated carbocycles. The fraction of sp³-hybridized carbons (Fsp3) is 0.533. The number of rotatable bonds is 5. The molecular formula is C15H23N3. The predicted octanol–water partition coefficient (Wildman–Crippen LogP) is 3.12. The molecule has 2 aromatic rings. The first kappa shape index (κ1) is 13.1. The van der Waals surface area contributed by atoms with Gasteiger partial charge in [0.2, 0.25) is 0 Å². The number of nitrogens with zero attached hydrogens (tertiary/aromatic N) is 2. The van der Waals surface area contributed by atoms with Crippen molar-refractivity contribution in [2.45, 2.75) is 52.1 Å². The minimum Gasteiger partial charge on any atom is -0.325 e. The van der Waals surface area contributed by atoms with Crippen LogP contribution < -0.4 is 5.73 Å². The molecule has 1 aromatic heterocycles. The Bertz CT molecular complexity index is 524. The second-order valence-electron chi connectivity index (χ2n) is 5.03. The van der Waals surface area contributed by atoms with Gasteiger partial charge in [-0.2, -0.15) is 5.10 Å². The van der Waals surface area contributed by atoms with Crippen LogP contribution in [0.15, 0.2) is 24.3 Å². The summed E-state index contributed by atoms with van der Waals surface area (Å²) in [5.74, 6) is 0. The highest BCUT2D eigenvalue weighted by Gasteiger charge is 2.23. The highest BCUT2D eigenvalue weighted by atomic mass is 15.3. The van der Waals surface area contributed by atoms with Gasteiger partial charge < -0.3 is 5.73 Å². The Morgan fingerprint density at radius 1 is 1.17 bits per heavy atom. The van der Waals surface area contributed by atoms with E-state index in [2.05, 4.69) is 49.7 Å². The lowest BCUT2D eigenvalue weighted by atomic mass is 9.88. The van der Waals surface area contributed by atoms with Crippen LogP contribution >= 0.6 is 0 Å². The maximum Gasteiger partial charge on any atom is 0.0721 e. The highest BCUT2D eigenvalue weighted by molar-refractivity contribution is 5.82. The maximum absolute atomic E-state index is 6.42. The Morgan fingerprint density at radius 2 is 1.83 bits per heavy atom. The van der Waals surface area contributed by atoms with Crippen LogP contribution in [0.3, 0.4) is 0 Å². The molecule has 0 fully saturated rings. The van der Waals surface area contributed by atoms with E-state index in [9.17, 15) is 0 Å². The molecule has 1 heterocycles. The third-order valence-corrected chi connectivity index (χ3v) is 3.96. The van der Waals surface area contributed by atoms with Gasteiger partial charge in [-0.1, -0.05) is 32.0 Å². The zero-order chi connectivity index (χ0) is 13.2. The molecule has 0 aliphatic heterocycles. The van der Waals surface area contributed by atoms with Gasteiger partial charge in [-0.15, -0.1) is 0 Å². The molecule has 98 valence electrons. The van der Waals surface area contributed by atoms with Crippen molar-refractivity contribution in [3.63, 3.8) is 0 Å². The maximum atomic E-state index is 6.42. The van der Waals surface area contributed by atoms with E-state index in [4.69, 9.17) is 10.8 Å². The number of hydrogen-bond acceptors (Lipinski definition) is 2. The Balaban J connectivity index is 2.45. The molecule has 2 rings (SSSR count). The van der Waals surface area contributed by atoms with Crippen molar-refractivity contribution in [1.82, 2.24) is 9.78 Å². The second-order valence-corrected chi connectivity index (χ2v) is 5.03. The number of aryl methyl sites for hydroxylation is 1. The van der Waals surface area contributed by atoms with Crippen LogP contribution in [0.5, 0.6) is 0 Å². The van der Waals surface area contributed by atoms with Crippen molar-refractivity contribution in [3.05, 3.63) is 30.0 Å². The van der Waals surface area contributed by atoms with Crippen LogP contribution in [0.4, 0.5) is 0 Å². The molecule has 0 bridgehead atoms. The summed E-state index contributed by atoms with van der Waals surface area (Å²) < 4.78 is 2.07. The van der Waals surface area contributed by atoms with E-state index in [1.807, 2.05) is 0 Å². The van der Waals surface area contributed by atoms with E-state index in [0.29, 0.717) is 0 Å². The summed E-state index contributed by atoms with van der Waals surface area (Å²) in [5.41, 5.74) is 8.64. The number of benzene rings is 1. The smallest absolute Gasteiger partial charge is 0.0721 e. The zero-order valence-electron chi connectivity index (χ0n) is 11.6. The van der Waals surface area contributed by atoms with Crippen molar-refractivity contribution in [3.8, 4) is 0 Å². The molecule has 0 radical (unpaired) electrons. The van der Waals surface area contributed by atoms with Crippen molar-refractivity contribution >= 4 is 10.9 Å². The molecule has 0 unspecified atom stereocenters. The van der Waals surface area contributed by atoms with Crippen LogP contribution in [0.2, 0.25) is 0 Å². The monoisotopic (exact) mass is 245 g/mol. The van der Waals surface area contributed by atoms with E-state index >= 15 is 0 Å². The molecule has 0 aliphatic rings. The minimum absolute atomic E-state index is 0.129. The summed E-state index contributed by atoms with van der Waals surface area (Å²) in [7, 11) is 0. The molecule has 2 N–H and O–H groups in total. The molecule has 0 saturated heterocycles. The second kappa shape index (κ2) is 5.11. The third-order valence-electron chi connectivity index (χ3n) is 3.96. The van der Waals surface area contributed by atoms with Gasteiger partial charge in [0.1, 0.15) is 0 Å². The summed E-state index contributed by atoms with van der Waals surface area (Å²) in [4.78, 5) is 0. The van der Waals surface area contributed by atoms with Gasteiger partial charge in [-0.25, -0.2) is 0 Å². The predicted molar refractivity (Wildman–Crippen MR) is 76.6 cm³/mol. The minimum atomic E-state index is -0.129. The summed E-state index contributed by atoms with van der Waals surface area (Å²) in [6.45, 7) is 7.33. The van der Waals surface area contributed by atoms with Crippen molar-refractivity contribution in [2.24, 2.45) is 5.73 Å². The molecule has 0 spiro atoms. The Kier molecular flexibility index (Phi) is 3.71. The van der Waals surface area contributed by atoms with Crippen LogP contribution in [-0.4, -0.2) is 15.3 Å². The number of hydrogen-bond donors (Lipinski definition) is 1. The zero-order valence-corrected chi connectivity index (χ0v) is 11.6. The van der Waals surface area contributed by atoms with Crippen LogP contribution in [0.1, 0.15) is 39.3 Å². The molecule has 18 heavy (non-hydrogen) atoms. The lowest BCUT2D eigenvalue weighted by Crippen LogP contribution is -2.40. The first-order chi connectivity index (χ1) is 8.63. The third kappa shape index (κ3) is 2.27. The van der Waals surface area contributed by atoms with Gasteiger partial charge in [0.15, 0.2) is 0 Å². The lowest BCUT2D eigenvalue weighted by Gasteiger charge is -2.25. The summed E-state index contributed by atoms with van der Waals surface area (Å²) in [5, 5.41) is 5.97. The quantitative estimate of drug-likeness (QED) is 0.879. The number of para-hydroxylation sites is 1. The summed E-state index contributed by atoms with van der Waals surface area (Å²) >= 11 is 0. The van der Waals surface area contributed by atoms with E-state index in [1.54, 1.807) is 0 Å². The topological polar surface area (TPSA) is 43.8 Å². The van der Waals surface area contributed by atoms with Crippen LogP contribution in [0.25, 0.3) is 10.9 Å². The van der Waals surface area contributed by atoms with Crippen molar-refractivity contribution in [1.29, 1.82) is 0 Å². The Hall–Kier alpha value is -1.35. The first-order valence-corrected chi connectivity index (χ1v) is 6.87. The van der Waals surface area contributed by atoms with Gasteiger partial charge in [0, 0.05) is 23.9 Å². The van der Waals surface area contributed by atoms with E-state index in [-0.39, 0.29) is 5.54 Å². The van der Waals surface area contributed by atoms with Crippen molar-refractivity contribution in [2.75, 3.05) is 0 Å². The van der Waals surface area contributed by atoms with E-state index < -0.39 is 0 Å². The molecule has 3 heteroatoms. The van der Waals surface area contributed by atoms with Gasteiger partial charge >= 0.3 is 0 Å². The fourth-order valence-corrected chi connectivity index (χ4v) is 2.40. The number of fused-ring (bicyclic) bond motifs is 1. The SMILES string of the molecule is CCn1nc(CC(N)(CC)CC)c2ccccc21. The average molecular weight is 245 g/mol. The van der Waals surface area contributed by atoms with Gasteiger partial charge in [-0.05, 0) is 25.8 Å². The first-order valence-electron chi connectivity index (χ1n) is 6.87. The van der Waals surface area contributed by atoms with Crippen molar-refractivity contribution < 1.29 is 0 Å².